The summed E-state index contributed by atoms with van der Waals surface area (Å²) in [5.41, 5.74) is 2.48. The van der Waals surface area contributed by atoms with Crippen LogP contribution in [0.4, 0.5) is 0 Å². The van der Waals surface area contributed by atoms with Crippen LogP contribution in [0.25, 0.3) is 0 Å². The van der Waals surface area contributed by atoms with E-state index in [0.717, 1.165) is 11.3 Å². The predicted octanol–water partition coefficient (Wildman–Crippen LogP) is 3.38. The number of aliphatic imine (C=N–C) groups is 1. The van der Waals surface area contributed by atoms with Crippen molar-refractivity contribution in [1.29, 1.82) is 0 Å². The fraction of sp³-hybridized carbons (Fsp3) is 0.458. The van der Waals surface area contributed by atoms with Gasteiger partial charge in [0.05, 0.1) is 44.6 Å². The van der Waals surface area contributed by atoms with Crippen LogP contribution in [0.2, 0.25) is 0 Å². The van der Waals surface area contributed by atoms with Gasteiger partial charge in [-0.15, -0.1) is 0 Å². The molecule has 1 aromatic carbocycles. The second-order valence-electron chi connectivity index (χ2n) is 8.04. The van der Waals surface area contributed by atoms with Gasteiger partial charge in [0.25, 0.3) is 0 Å². The summed E-state index contributed by atoms with van der Waals surface area (Å²) in [6, 6.07) is 4.96. The zero-order chi connectivity index (χ0) is 24.8. The lowest BCUT2D eigenvalue weighted by Gasteiger charge is -2.36. The van der Waals surface area contributed by atoms with Crippen molar-refractivity contribution in [3.05, 3.63) is 46.1 Å². The number of hydrogen-bond acceptors (Lipinski definition) is 9. The lowest BCUT2D eigenvalue weighted by Crippen LogP contribution is -2.39. The lowest BCUT2D eigenvalue weighted by molar-refractivity contribution is -0.141. The maximum absolute atomic E-state index is 13.2. The molecule has 0 saturated heterocycles. The van der Waals surface area contributed by atoms with Gasteiger partial charge in [-0.2, -0.15) is 0 Å². The van der Waals surface area contributed by atoms with E-state index in [4.69, 9.17) is 18.9 Å². The fourth-order valence-corrected chi connectivity index (χ4v) is 4.77. The molecule has 184 valence electrons. The van der Waals surface area contributed by atoms with Crippen LogP contribution in [0.15, 0.2) is 45.6 Å². The molecule has 3 rings (SSSR count). The summed E-state index contributed by atoms with van der Waals surface area (Å²) < 4.78 is 21.4. The first-order valence-corrected chi connectivity index (χ1v) is 11.8. The van der Waals surface area contributed by atoms with E-state index in [1.165, 1.54) is 11.8 Å². The van der Waals surface area contributed by atoms with E-state index < -0.39 is 12.0 Å². The zero-order valence-corrected chi connectivity index (χ0v) is 21.2. The van der Waals surface area contributed by atoms with E-state index in [-0.39, 0.29) is 31.6 Å². The quantitative estimate of drug-likeness (QED) is 0.395. The van der Waals surface area contributed by atoms with E-state index >= 15 is 0 Å². The number of methoxy groups -OCH3 is 3. The number of allylic oxidation sites excluding steroid dienone is 1. The van der Waals surface area contributed by atoms with Crippen LogP contribution in [-0.2, 0) is 19.1 Å². The smallest absolute Gasteiger partial charge is 0.338 e. The van der Waals surface area contributed by atoms with Crippen molar-refractivity contribution in [3.63, 3.8) is 0 Å². The first-order chi connectivity index (χ1) is 16.3. The number of hydrogen-bond donors (Lipinski definition) is 1. The monoisotopic (exact) mass is 489 g/mol. The highest BCUT2D eigenvalue weighted by molar-refractivity contribution is 8.16. The van der Waals surface area contributed by atoms with Crippen molar-refractivity contribution in [2.75, 3.05) is 34.5 Å². The molecule has 1 aromatic rings. The standard InChI is InChI=1S/C24H31N3O6S/c1-14(2)25-20(28)12-17-13-34-24-26-15(3)21(23(29)33-10-9-30-4)22(27(17)24)16-7-8-18(31-5)19(11-16)32-6/h7-8,11,13-14,22H,9-10,12H2,1-6H3,(H,25,28)/t22-/m0/s1. The third-order valence-electron chi connectivity index (χ3n) is 5.26. The van der Waals surface area contributed by atoms with Crippen molar-refractivity contribution in [2.45, 2.75) is 39.3 Å². The summed E-state index contributed by atoms with van der Waals surface area (Å²) in [5, 5.41) is 5.51. The van der Waals surface area contributed by atoms with Crippen LogP contribution in [0, 0.1) is 0 Å². The number of nitrogens with zero attached hydrogens (tertiary/aromatic N) is 2. The van der Waals surface area contributed by atoms with E-state index in [0.29, 0.717) is 27.9 Å². The average Bonchev–Trinajstić information content (AvgIpc) is 3.18. The van der Waals surface area contributed by atoms with Crippen LogP contribution in [0.1, 0.15) is 38.8 Å². The number of benzene rings is 1. The average molecular weight is 490 g/mol. The number of nitrogens with one attached hydrogen (secondary N) is 1. The lowest BCUT2D eigenvalue weighted by atomic mass is 9.93. The molecule has 0 unspecified atom stereocenters. The summed E-state index contributed by atoms with van der Waals surface area (Å²) in [7, 11) is 4.67. The summed E-state index contributed by atoms with van der Waals surface area (Å²) in [4.78, 5) is 32.4. The molecule has 34 heavy (non-hydrogen) atoms. The van der Waals surface area contributed by atoms with Gasteiger partial charge in [-0.05, 0) is 43.9 Å². The number of thioether (sulfide) groups is 1. The Kier molecular flexibility index (Phi) is 8.62. The minimum absolute atomic E-state index is 0.0201. The van der Waals surface area contributed by atoms with Crippen molar-refractivity contribution >= 4 is 28.8 Å². The highest BCUT2D eigenvalue weighted by atomic mass is 32.2. The number of carbonyl (C=O) groups excluding carboxylic acids is 2. The third-order valence-corrected chi connectivity index (χ3v) is 6.14. The molecule has 0 aromatic heterocycles. The Morgan fingerprint density at radius 1 is 1.15 bits per heavy atom. The van der Waals surface area contributed by atoms with Crippen LogP contribution in [0.5, 0.6) is 11.5 Å². The molecule has 1 atom stereocenters. The topological polar surface area (TPSA) is 98.7 Å². The van der Waals surface area contributed by atoms with E-state index in [1.54, 1.807) is 34.3 Å². The van der Waals surface area contributed by atoms with Crippen LogP contribution < -0.4 is 14.8 Å². The molecule has 0 fully saturated rings. The first-order valence-electron chi connectivity index (χ1n) is 10.9. The van der Waals surface area contributed by atoms with Gasteiger partial charge in [-0.25, -0.2) is 9.79 Å². The van der Waals surface area contributed by atoms with Crippen molar-refractivity contribution < 1.29 is 28.5 Å². The Morgan fingerprint density at radius 3 is 2.53 bits per heavy atom. The molecule has 1 amide bonds. The number of ether oxygens (including phenoxy) is 4. The Bertz CT molecular complexity index is 1030. The van der Waals surface area contributed by atoms with E-state index in [2.05, 4.69) is 10.3 Å². The molecule has 0 saturated carbocycles. The van der Waals surface area contributed by atoms with Gasteiger partial charge in [0.15, 0.2) is 16.7 Å². The van der Waals surface area contributed by atoms with E-state index in [1.807, 2.05) is 36.3 Å². The minimum Gasteiger partial charge on any atom is -0.493 e. The third kappa shape index (κ3) is 5.56. The molecule has 1 N–H and O–H groups in total. The second kappa shape index (κ2) is 11.4. The Morgan fingerprint density at radius 2 is 1.88 bits per heavy atom. The number of fused-ring (bicyclic) bond motifs is 1. The number of rotatable bonds is 10. The van der Waals surface area contributed by atoms with Gasteiger partial charge in [-0.1, -0.05) is 17.8 Å². The largest absolute Gasteiger partial charge is 0.493 e. The SMILES string of the molecule is COCCOC(=O)C1=C(C)N=C2SC=C(CC(=O)NC(C)C)N2[C@H]1c1ccc(OC)c(OC)c1. The highest BCUT2D eigenvalue weighted by Gasteiger charge is 2.41. The Labute approximate surface area is 204 Å². The second-order valence-corrected chi connectivity index (χ2v) is 8.87. The summed E-state index contributed by atoms with van der Waals surface area (Å²) in [6.45, 7) is 6.02. The maximum Gasteiger partial charge on any atom is 0.338 e. The molecular weight excluding hydrogens is 458 g/mol. The number of amidine groups is 1. The van der Waals surface area contributed by atoms with Crippen LogP contribution >= 0.6 is 11.8 Å². The summed E-state index contributed by atoms with van der Waals surface area (Å²) in [6.07, 6.45) is 0.152. The summed E-state index contributed by atoms with van der Waals surface area (Å²) >= 11 is 1.42. The van der Waals surface area contributed by atoms with Gasteiger partial charge in [0.1, 0.15) is 6.61 Å². The fourth-order valence-electron chi connectivity index (χ4n) is 3.80. The molecule has 0 radical (unpaired) electrons. The first kappa shape index (κ1) is 25.6. The number of amides is 1. The van der Waals surface area contributed by atoms with Crippen molar-refractivity contribution in [1.82, 2.24) is 10.2 Å². The van der Waals surface area contributed by atoms with Crippen LogP contribution in [-0.4, -0.2) is 62.5 Å². The van der Waals surface area contributed by atoms with Crippen molar-refractivity contribution in [2.24, 2.45) is 4.99 Å². The molecule has 0 bridgehead atoms. The molecule has 0 aliphatic carbocycles. The number of esters is 1. The molecule has 2 aliphatic heterocycles. The summed E-state index contributed by atoms with van der Waals surface area (Å²) in [5.74, 6) is 0.511. The zero-order valence-electron chi connectivity index (χ0n) is 20.3. The Balaban J connectivity index is 2.05. The molecular formula is C24H31N3O6S. The number of carbonyl (C=O) groups is 2. The van der Waals surface area contributed by atoms with Gasteiger partial charge in [-0.3, -0.25) is 4.79 Å². The van der Waals surface area contributed by atoms with Gasteiger partial charge in [0, 0.05) is 18.8 Å². The van der Waals surface area contributed by atoms with Gasteiger partial charge < -0.3 is 29.2 Å². The minimum atomic E-state index is -0.560. The molecule has 2 aliphatic rings. The van der Waals surface area contributed by atoms with Gasteiger partial charge in [0.2, 0.25) is 5.91 Å². The molecule has 0 spiro atoms. The normalized spacial score (nSPS) is 17.3. The Hall–Kier alpha value is -2.98. The predicted molar refractivity (Wildman–Crippen MR) is 131 cm³/mol. The van der Waals surface area contributed by atoms with E-state index in [9.17, 15) is 9.59 Å². The molecule has 9 nitrogen and oxygen atoms in total. The highest BCUT2D eigenvalue weighted by Crippen LogP contribution is 2.46. The van der Waals surface area contributed by atoms with Gasteiger partial charge >= 0.3 is 5.97 Å². The maximum atomic E-state index is 13.2. The van der Waals surface area contributed by atoms with Crippen LogP contribution in [0.3, 0.4) is 0 Å². The molecule has 10 heteroatoms. The van der Waals surface area contributed by atoms with Crippen molar-refractivity contribution in [3.8, 4) is 11.5 Å². The molecule has 2 heterocycles.